The van der Waals surface area contributed by atoms with E-state index < -0.39 is 5.97 Å². The Kier molecular flexibility index (Phi) is 29.3. The van der Waals surface area contributed by atoms with Crippen LogP contribution >= 0.6 is 0 Å². The molecule has 0 aliphatic rings. The number of aliphatic carboxylic acids is 1. The van der Waals surface area contributed by atoms with E-state index in [1.165, 1.54) is 0 Å². The van der Waals surface area contributed by atoms with Crippen LogP contribution in [0.3, 0.4) is 0 Å². The van der Waals surface area contributed by atoms with E-state index in [1.54, 1.807) is 12.2 Å². The Hall–Kier alpha value is -1.43. The molecule has 3 N–H and O–H groups in total. The second kappa shape index (κ2) is 23.4. The van der Waals surface area contributed by atoms with Gasteiger partial charge in [0.15, 0.2) is 0 Å². The van der Waals surface area contributed by atoms with Crippen molar-refractivity contribution in [1.29, 1.82) is 0 Å². The topological polar surface area (TPSA) is 87.0 Å². The van der Waals surface area contributed by atoms with Gasteiger partial charge in [0.1, 0.15) is 0 Å². The number of aliphatic hydroxyl groups excluding tert-OH is 2. The van der Waals surface area contributed by atoms with Crippen molar-refractivity contribution in [3.63, 3.8) is 0 Å². The minimum atomic E-state index is -0.981. The summed E-state index contributed by atoms with van der Waals surface area (Å²) in [4.78, 5) is 9.25. The van der Waals surface area contributed by atoms with E-state index in [-0.39, 0.29) is 13.2 Å². The van der Waals surface area contributed by atoms with Gasteiger partial charge < -0.3 is 20.1 Å². The van der Waals surface area contributed by atoms with E-state index >= 15 is 0 Å². The minimum Gasteiger partial charge on any atom is -0.478 e. The quantitative estimate of drug-likeness (QED) is 0.355. The van der Waals surface area contributed by atoms with E-state index in [2.05, 4.69) is 19.7 Å². The lowest BCUT2D eigenvalue weighted by molar-refractivity contribution is -0.131. The summed E-state index contributed by atoms with van der Waals surface area (Å²) in [5, 5.41) is 22.9. The first-order chi connectivity index (χ1) is 7.60. The molecule has 0 saturated heterocycles. The molecular weight excluding hydrogens is 212 g/mol. The van der Waals surface area contributed by atoms with Gasteiger partial charge in [-0.2, -0.15) is 0 Å². The fourth-order valence-corrected chi connectivity index (χ4v) is 0.235. The maximum atomic E-state index is 9.25. The third kappa shape index (κ3) is 54.2. The SMILES string of the molecule is C=CC(=O)O.C=CCOCC=C.OCCO. The Morgan fingerprint density at radius 3 is 1.50 bits per heavy atom. The second-order valence-corrected chi connectivity index (χ2v) is 2.10. The van der Waals surface area contributed by atoms with Crippen LogP contribution in [0.5, 0.6) is 0 Å². The first-order valence-electron chi connectivity index (χ1n) is 4.47. The fourth-order valence-electron chi connectivity index (χ4n) is 0.235. The molecule has 0 rings (SSSR count). The van der Waals surface area contributed by atoms with Gasteiger partial charge in [0.2, 0.25) is 0 Å². The van der Waals surface area contributed by atoms with E-state index in [9.17, 15) is 4.79 Å². The number of aliphatic hydroxyl groups is 2. The Bertz CT molecular complexity index is 167. The van der Waals surface area contributed by atoms with E-state index in [4.69, 9.17) is 20.1 Å². The van der Waals surface area contributed by atoms with Crippen LogP contribution in [0.2, 0.25) is 0 Å². The highest BCUT2D eigenvalue weighted by Gasteiger charge is 1.73. The van der Waals surface area contributed by atoms with Crippen LogP contribution in [0.25, 0.3) is 0 Å². The van der Waals surface area contributed by atoms with Crippen LogP contribution in [0, 0.1) is 0 Å². The molecule has 0 fully saturated rings. The molecule has 5 nitrogen and oxygen atoms in total. The van der Waals surface area contributed by atoms with Crippen molar-refractivity contribution >= 4 is 5.97 Å². The molecule has 0 aliphatic heterocycles. The summed E-state index contributed by atoms with van der Waals surface area (Å²) in [6.45, 7) is 10.9. The maximum Gasteiger partial charge on any atom is 0.327 e. The van der Waals surface area contributed by atoms with Gasteiger partial charge in [0, 0.05) is 6.08 Å². The minimum absolute atomic E-state index is 0.125. The summed E-state index contributed by atoms with van der Waals surface area (Å²) in [6, 6.07) is 0. The smallest absolute Gasteiger partial charge is 0.327 e. The molecule has 16 heavy (non-hydrogen) atoms. The Labute approximate surface area is 96.0 Å². The molecule has 5 heteroatoms. The average Bonchev–Trinajstić information content (AvgIpc) is 2.31. The van der Waals surface area contributed by atoms with Gasteiger partial charge in [0.05, 0.1) is 26.4 Å². The number of carboxylic acid groups (broad SMARTS) is 1. The van der Waals surface area contributed by atoms with Crippen molar-refractivity contribution in [3.05, 3.63) is 38.0 Å². The summed E-state index contributed by atoms with van der Waals surface area (Å²) >= 11 is 0. The Morgan fingerprint density at radius 2 is 1.38 bits per heavy atom. The molecule has 0 spiro atoms. The molecule has 0 amide bonds. The molecule has 0 aromatic rings. The summed E-state index contributed by atoms with van der Waals surface area (Å²) in [5.74, 6) is -0.981. The number of carboxylic acids is 1. The summed E-state index contributed by atoms with van der Waals surface area (Å²) in [7, 11) is 0. The average molecular weight is 232 g/mol. The summed E-state index contributed by atoms with van der Waals surface area (Å²) < 4.78 is 4.90. The zero-order chi connectivity index (χ0) is 13.2. The van der Waals surface area contributed by atoms with Crippen LogP contribution in [0.1, 0.15) is 0 Å². The van der Waals surface area contributed by atoms with Gasteiger partial charge in [0.25, 0.3) is 0 Å². The number of hydrogen-bond donors (Lipinski definition) is 3. The van der Waals surface area contributed by atoms with Crippen LogP contribution in [0.15, 0.2) is 38.0 Å². The van der Waals surface area contributed by atoms with Gasteiger partial charge >= 0.3 is 5.97 Å². The predicted molar refractivity (Wildman–Crippen MR) is 63.2 cm³/mol. The molecule has 0 aromatic heterocycles. The lowest BCUT2D eigenvalue weighted by atomic mass is 10.6. The molecule has 0 bridgehead atoms. The molecule has 0 unspecified atom stereocenters. The zero-order valence-corrected chi connectivity index (χ0v) is 9.34. The molecule has 94 valence electrons. The van der Waals surface area contributed by atoms with Crippen molar-refractivity contribution in [1.82, 2.24) is 0 Å². The van der Waals surface area contributed by atoms with Crippen molar-refractivity contribution in [2.45, 2.75) is 0 Å². The molecule has 0 radical (unpaired) electrons. The van der Waals surface area contributed by atoms with Gasteiger partial charge in [-0.15, -0.1) is 13.2 Å². The van der Waals surface area contributed by atoms with Crippen LogP contribution < -0.4 is 0 Å². The first-order valence-corrected chi connectivity index (χ1v) is 4.47. The first kappa shape index (κ1) is 20.0. The predicted octanol–water partition coefficient (Wildman–Crippen LogP) is 0.603. The highest BCUT2D eigenvalue weighted by Crippen LogP contribution is 1.72. The third-order valence-corrected chi connectivity index (χ3v) is 0.746. The third-order valence-electron chi connectivity index (χ3n) is 0.746. The van der Waals surface area contributed by atoms with Crippen molar-refractivity contribution in [3.8, 4) is 0 Å². The summed E-state index contributed by atoms with van der Waals surface area (Å²) in [6.07, 6.45) is 4.26. The van der Waals surface area contributed by atoms with Crippen LogP contribution in [-0.2, 0) is 9.53 Å². The number of carbonyl (C=O) groups is 1. The van der Waals surface area contributed by atoms with Gasteiger partial charge in [-0.3, -0.25) is 0 Å². The highest BCUT2D eigenvalue weighted by molar-refractivity contribution is 5.78. The fraction of sp³-hybridized carbons (Fsp3) is 0.364. The van der Waals surface area contributed by atoms with Crippen molar-refractivity contribution in [2.24, 2.45) is 0 Å². The van der Waals surface area contributed by atoms with Crippen LogP contribution in [0.4, 0.5) is 0 Å². The largest absolute Gasteiger partial charge is 0.478 e. The molecular formula is C11H20O5. The van der Waals surface area contributed by atoms with Gasteiger partial charge in [-0.1, -0.05) is 18.7 Å². The molecule has 0 aromatic carbocycles. The Balaban J connectivity index is -0.000000166. The Morgan fingerprint density at radius 1 is 1.06 bits per heavy atom. The summed E-state index contributed by atoms with van der Waals surface area (Å²) in [5.41, 5.74) is 0. The van der Waals surface area contributed by atoms with E-state index in [0.29, 0.717) is 13.2 Å². The monoisotopic (exact) mass is 232 g/mol. The van der Waals surface area contributed by atoms with Crippen molar-refractivity contribution < 1.29 is 24.9 Å². The highest BCUT2D eigenvalue weighted by atomic mass is 16.5. The molecule has 0 atom stereocenters. The standard InChI is InChI=1S/C6H10O.C3H4O2.C2H6O2/c1-3-5-7-6-4-2;1-2-3(4)5;3-1-2-4/h3-4H,1-2,5-6H2;2H,1H2,(H,4,5);3-4H,1-2H2. The van der Waals surface area contributed by atoms with Crippen LogP contribution in [-0.4, -0.2) is 47.7 Å². The number of ether oxygens (including phenoxy) is 1. The number of hydrogen-bond acceptors (Lipinski definition) is 4. The molecule has 0 aliphatic carbocycles. The lowest BCUT2D eigenvalue weighted by Crippen LogP contribution is -1.87. The second-order valence-electron chi connectivity index (χ2n) is 2.10. The van der Waals surface area contributed by atoms with E-state index in [0.717, 1.165) is 6.08 Å². The molecule has 0 saturated carbocycles. The zero-order valence-electron chi connectivity index (χ0n) is 9.34. The van der Waals surface area contributed by atoms with Gasteiger partial charge in [-0.25, -0.2) is 4.79 Å². The normalized spacial score (nSPS) is 7.38. The van der Waals surface area contributed by atoms with E-state index in [1.807, 2.05) is 0 Å². The lowest BCUT2D eigenvalue weighted by Gasteiger charge is -1.89. The van der Waals surface area contributed by atoms with Gasteiger partial charge in [-0.05, 0) is 0 Å². The number of rotatable bonds is 6. The molecule has 0 heterocycles. The maximum absolute atomic E-state index is 9.25. The van der Waals surface area contributed by atoms with Crippen molar-refractivity contribution in [2.75, 3.05) is 26.4 Å².